The Hall–Kier alpha value is -3.22. The number of aliphatic hydroxyl groups is 1. The van der Waals surface area contributed by atoms with Gasteiger partial charge in [-0.3, -0.25) is 4.79 Å². The number of para-hydroxylation sites is 1. The molecule has 6 heteroatoms. The van der Waals surface area contributed by atoms with E-state index < -0.39 is 17.6 Å². The summed E-state index contributed by atoms with van der Waals surface area (Å²) in [5.74, 6) is -0.575. The largest absolute Gasteiger partial charge is 0.422 e. The fraction of sp³-hybridized carbons (Fsp3) is 0.0909. The quantitative estimate of drug-likeness (QED) is 0.504. The van der Waals surface area contributed by atoms with Crippen LogP contribution < -0.4 is 10.9 Å². The Labute approximate surface area is 164 Å². The Morgan fingerprint density at radius 3 is 2.61 bits per heavy atom. The number of carbonyl (C=O) groups is 1. The Bertz CT molecular complexity index is 1160. The zero-order valence-electron chi connectivity index (χ0n) is 14.8. The molecule has 2 N–H and O–H groups in total. The number of aliphatic hydroxyl groups excluding tert-OH is 1. The molecule has 1 amide bonds. The molecule has 0 bridgehead atoms. The lowest BCUT2D eigenvalue weighted by Crippen LogP contribution is -2.31. The molecule has 2 heterocycles. The molecule has 0 radical (unpaired) electrons. The number of hydrogen-bond donors (Lipinski definition) is 2. The molecule has 1 atom stereocenters. The minimum absolute atomic E-state index is 0.0105. The molecule has 1 unspecified atom stereocenters. The molecule has 4 rings (SSSR count). The first kappa shape index (κ1) is 18.2. The van der Waals surface area contributed by atoms with E-state index in [9.17, 15) is 14.7 Å². The van der Waals surface area contributed by atoms with E-state index >= 15 is 0 Å². The standard InChI is InChI=1S/C22H17NO4S/c24-18(14-7-9-15(10-8-14)20-6-3-11-28-20)13-23-21(25)17-12-16-4-1-2-5-19(16)27-22(17)26/h1-12,18,24H,13H2,(H,23,25). The molecule has 0 aliphatic carbocycles. The third-order valence-corrected chi connectivity index (χ3v) is 5.36. The Morgan fingerprint density at radius 1 is 1.07 bits per heavy atom. The van der Waals surface area contributed by atoms with Crippen molar-refractivity contribution in [1.82, 2.24) is 5.32 Å². The Balaban J connectivity index is 1.44. The van der Waals surface area contributed by atoms with Crippen LogP contribution >= 0.6 is 11.3 Å². The maximum absolute atomic E-state index is 12.4. The van der Waals surface area contributed by atoms with Crippen molar-refractivity contribution in [2.45, 2.75) is 6.10 Å². The molecule has 140 valence electrons. The average molecular weight is 391 g/mol. The lowest BCUT2D eigenvalue weighted by molar-refractivity contribution is 0.0913. The van der Waals surface area contributed by atoms with Crippen molar-refractivity contribution in [2.75, 3.05) is 6.54 Å². The van der Waals surface area contributed by atoms with Gasteiger partial charge in [0.05, 0.1) is 6.10 Å². The number of hydrogen-bond acceptors (Lipinski definition) is 5. The molecule has 4 aromatic rings. The van der Waals surface area contributed by atoms with Gasteiger partial charge >= 0.3 is 5.63 Å². The summed E-state index contributed by atoms with van der Waals surface area (Å²) < 4.78 is 5.18. The van der Waals surface area contributed by atoms with Gasteiger partial charge in [-0.2, -0.15) is 0 Å². The van der Waals surface area contributed by atoms with E-state index in [1.54, 1.807) is 35.6 Å². The van der Waals surface area contributed by atoms with Gasteiger partial charge in [0.15, 0.2) is 0 Å². The van der Waals surface area contributed by atoms with E-state index in [0.717, 1.165) is 10.4 Å². The van der Waals surface area contributed by atoms with Crippen LogP contribution in [0.5, 0.6) is 0 Å². The van der Waals surface area contributed by atoms with Gasteiger partial charge in [-0.25, -0.2) is 4.79 Å². The van der Waals surface area contributed by atoms with Crippen LogP contribution in [0.25, 0.3) is 21.4 Å². The number of nitrogens with one attached hydrogen (secondary N) is 1. The number of carbonyl (C=O) groups excluding carboxylic acids is 1. The summed E-state index contributed by atoms with van der Waals surface area (Å²) >= 11 is 1.65. The van der Waals surface area contributed by atoms with E-state index in [0.29, 0.717) is 16.5 Å². The lowest BCUT2D eigenvalue weighted by atomic mass is 10.1. The van der Waals surface area contributed by atoms with Crippen molar-refractivity contribution in [3.63, 3.8) is 0 Å². The third-order valence-electron chi connectivity index (χ3n) is 4.44. The van der Waals surface area contributed by atoms with Crippen molar-refractivity contribution in [2.24, 2.45) is 0 Å². The highest BCUT2D eigenvalue weighted by molar-refractivity contribution is 7.13. The maximum atomic E-state index is 12.4. The molecule has 2 aromatic heterocycles. The normalized spacial score (nSPS) is 12.0. The van der Waals surface area contributed by atoms with E-state index in [-0.39, 0.29) is 12.1 Å². The molecular formula is C22H17NO4S. The van der Waals surface area contributed by atoms with Gasteiger partial charge in [-0.05, 0) is 34.7 Å². The van der Waals surface area contributed by atoms with Crippen molar-refractivity contribution in [3.8, 4) is 10.4 Å². The summed E-state index contributed by atoms with van der Waals surface area (Å²) in [5.41, 5.74) is 1.40. The smallest absolute Gasteiger partial charge is 0.349 e. The molecule has 5 nitrogen and oxygen atoms in total. The molecule has 0 fully saturated rings. The molecule has 0 spiro atoms. The lowest BCUT2D eigenvalue weighted by Gasteiger charge is -2.12. The van der Waals surface area contributed by atoms with Crippen LogP contribution in [0.15, 0.2) is 81.3 Å². The van der Waals surface area contributed by atoms with E-state index in [4.69, 9.17) is 4.42 Å². The van der Waals surface area contributed by atoms with Crippen LogP contribution in [0.3, 0.4) is 0 Å². The first-order chi connectivity index (χ1) is 13.6. The highest BCUT2D eigenvalue weighted by atomic mass is 32.1. The summed E-state index contributed by atoms with van der Waals surface area (Å²) in [4.78, 5) is 25.6. The first-order valence-corrected chi connectivity index (χ1v) is 9.63. The van der Waals surface area contributed by atoms with Gasteiger partial charge < -0.3 is 14.8 Å². The van der Waals surface area contributed by atoms with Crippen molar-refractivity contribution in [3.05, 3.63) is 93.7 Å². The molecule has 0 saturated heterocycles. The van der Waals surface area contributed by atoms with Crippen LogP contribution in [-0.2, 0) is 0 Å². The number of benzene rings is 2. The van der Waals surface area contributed by atoms with Crippen LogP contribution in [0.2, 0.25) is 0 Å². The topological polar surface area (TPSA) is 79.5 Å². The van der Waals surface area contributed by atoms with Gasteiger partial charge in [-0.15, -0.1) is 11.3 Å². The van der Waals surface area contributed by atoms with Gasteiger partial charge in [0.2, 0.25) is 0 Å². The Kier molecular flexibility index (Phi) is 5.06. The van der Waals surface area contributed by atoms with Gasteiger partial charge in [0.1, 0.15) is 11.1 Å². The monoisotopic (exact) mass is 391 g/mol. The van der Waals surface area contributed by atoms with Crippen LogP contribution in [0.1, 0.15) is 22.0 Å². The minimum Gasteiger partial charge on any atom is -0.422 e. The molecule has 0 saturated carbocycles. The van der Waals surface area contributed by atoms with Gasteiger partial charge in [0.25, 0.3) is 5.91 Å². The third kappa shape index (κ3) is 3.74. The molecule has 0 aliphatic rings. The van der Waals surface area contributed by atoms with Crippen LogP contribution in [-0.4, -0.2) is 17.6 Å². The van der Waals surface area contributed by atoms with Gasteiger partial charge in [-0.1, -0.05) is 48.5 Å². The van der Waals surface area contributed by atoms with Crippen molar-refractivity contribution in [1.29, 1.82) is 0 Å². The summed E-state index contributed by atoms with van der Waals surface area (Å²) in [5, 5.41) is 15.6. The number of fused-ring (bicyclic) bond motifs is 1. The fourth-order valence-corrected chi connectivity index (χ4v) is 3.67. The summed E-state index contributed by atoms with van der Waals surface area (Å²) in [6.07, 6.45) is -0.881. The summed E-state index contributed by atoms with van der Waals surface area (Å²) in [6, 6.07) is 20.0. The molecular weight excluding hydrogens is 374 g/mol. The van der Waals surface area contributed by atoms with Crippen LogP contribution in [0, 0.1) is 0 Å². The van der Waals surface area contributed by atoms with Crippen LogP contribution in [0.4, 0.5) is 0 Å². The second-order valence-electron chi connectivity index (χ2n) is 6.31. The zero-order chi connectivity index (χ0) is 19.5. The highest BCUT2D eigenvalue weighted by Crippen LogP contribution is 2.26. The molecule has 2 aromatic carbocycles. The number of thiophene rings is 1. The average Bonchev–Trinajstić information content (AvgIpc) is 3.26. The number of amides is 1. The zero-order valence-corrected chi connectivity index (χ0v) is 15.6. The predicted molar refractivity (Wildman–Crippen MR) is 110 cm³/mol. The summed E-state index contributed by atoms with van der Waals surface area (Å²) in [7, 11) is 0. The predicted octanol–water partition coefficient (Wildman–Crippen LogP) is 3.98. The van der Waals surface area contributed by atoms with Crippen molar-refractivity contribution >= 4 is 28.2 Å². The highest BCUT2D eigenvalue weighted by Gasteiger charge is 2.16. The Morgan fingerprint density at radius 2 is 1.86 bits per heavy atom. The number of rotatable bonds is 5. The van der Waals surface area contributed by atoms with Gasteiger partial charge in [0, 0.05) is 16.8 Å². The summed E-state index contributed by atoms with van der Waals surface area (Å²) in [6.45, 7) is -0.0105. The second kappa shape index (κ2) is 7.80. The molecule has 28 heavy (non-hydrogen) atoms. The second-order valence-corrected chi connectivity index (χ2v) is 7.26. The van der Waals surface area contributed by atoms with E-state index in [2.05, 4.69) is 5.32 Å². The first-order valence-electron chi connectivity index (χ1n) is 8.75. The SMILES string of the molecule is O=C(NCC(O)c1ccc(-c2cccs2)cc1)c1cc2ccccc2oc1=O. The van der Waals surface area contributed by atoms with E-state index in [1.807, 2.05) is 41.8 Å². The van der Waals surface area contributed by atoms with Crippen molar-refractivity contribution < 1.29 is 14.3 Å². The fourth-order valence-electron chi connectivity index (χ4n) is 2.94. The maximum Gasteiger partial charge on any atom is 0.349 e. The van der Waals surface area contributed by atoms with E-state index in [1.165, 1.54) is 6.07 Å². The molecule has 0 aliphatic heterocycles. The minimum atomic E-state index is -0.881.